The predicted molar refractivity (Wildman–Crippen MR) is 63.4 cm³/mol. The van der Waals surface area contributed by atoms with E-state index in [0.29, 0.717) is 12.6 Å². The molecule has 1 fully saturated rings. The lowest BCUT2D eigenvalue weighted by atomic mass is 9.98. The van der Waals surface area contributed by atoms with Crippen LogP contribution in [0.1, 0.15) is 25.3 Å². The fourth-order valence-corrected chi connectivity index (χ4v) is 2.36. The topological polar surface area (TPSA) is 29.3 Å². The van der Waals surface area contributed by atoms with E-state index in [1.165, 1.54) is 12.1 Å². The molecule has 1 aromatic carbocycles. The minimum atomic E-state index is -0.789. The summed E-state index contributed by atoms with van der Waals surface area (Å²) in [6, 6.07) is 4.76. The molecule has 2 rings (SSSR count). The van der Waals surface area contributed by atoms with Crippen LogP contribution in [0.25, 0.3) is 0 Å². The van der Waals surface area contributed by atoms with Crippen molar-refractivity contribution < 1.29 is 8.78 Å². The van der Waals surface area contributed by atoms with Crippen LogP contribution in [-0.2, 0) is 6.54 Å². The van der Waals surface area contributed by atoms with E-state index in [0.717, 1.165) is 24.9 Å². The van der Waals surface area contributed by atoms with Gasteiger partial charge in [0.1, 0.15) is 0 Å². The second kappa shape index (κ2) is 5.10. The highest BCUT2D eigenvalue weighted by atomic mass is 19.2. The van der Waals surface area contributed by atoms with Gasteiger partial charge in [0, 0.05) is 25.2 Å². The van der Waals surface area contributed by atoms with Crippen LogP contribution in [0.3, 0.4) is 0 Å². The van der Waals surface area contributed by atoms with Crippen LogP contribution in [0.4, 0.5) is 8.78 Å². The lowest BCUT2D eigenvalue weighted by Crippen LogP contribution is -2.44. The number of hydrogen-bond donors (Lipinski definition) is 1. The zero-order valence-corrected chi connectivity index (χ0v) is 10.00. The van der Waals surface area contributed by atoms with Gasteiger partial charge in [-0.15, -0.1) is 0 Å². The first-order valence-electron chi connectivity index (χ1n) is 6.00. The van der Waals surface area contributed by atoms with Gasteiger partial charge in [-0.2, -0.15) is 0 Å². The van der Waals surface area contributed by atoms with E-state index in [2.05, 4.69) is 11.8 Å². The first-order valence-corrected chi connectivity index (χ1v) is 6.00. The maximum Gasteiger partial charge on any atom is 0.159 e. The van der Waals surface area contributed by atoms with Gasteiger partial charge in [0.15, 0.2) is 11.6 Å². The van der Waals surface area contributed by atoms with Crippen LogP contribution in [0.15, 0.2) is 18.2 Å². The van der Waals surface area contributed by atoms with E-state index >= 15 is 0 Å². The zero-order valence-electron chi connectivity index (χ0n) is 10.00. The number of halogens is 2. The predicted octanol–water partition coefficient (Wildman–Crippen LogP) is 2.28. The zero-order chi connectivity index (χ0) is 12.4. The molecule has 17 heavy (non-hydrogen) atoms. The van der Waals surface area contributed by atoms with E-state index in [4.69, 9.17) is 5.73 Å². The Labute approximate surface area is 100 Å². The van der Waals surface area contributed by atoms with Crippen LogP contribution in [0, 0.1) is 11.6 Å². The summed E-state index contributed by atoms with van der Waals surface area (Å²) in [6.45, 7) is 3.70. The molecule has 1 aliphatic heterocycles. The van der Waals surface area contributed by atoms with Crippen LogP contribution in [0.2, 0.25) is 0 Å². The SMILES string of the molecule is CC1CC(N)CCN1Cc1ccc(F)c(F)c1. The minimum Gasteiger partial charge on any atom is -0.328 e. The molecule has 2 nitrogen and oxygen atoms in total. The van der Waals surface area contributed by atoms with E-state index in [1.54, 1.807) is 6.07 Å². The first-order chi connectivity index (χ1) is 8.06. The fourth-order valence-electron chi connectivity index (χ4n) is 2.36. The molecule has 0 aliphatic carbocycles. The molecule has 1 aromatic rings. The first kappa shape index (κ1) is 12.5. The molecule has 1 aliphatic rings. The molecule has 4 heteroatoms. The average molecular weight is 240 g/mol. The van der Waals surface area contributed by atoms with Crippen LogP contribution >= 0.6 is 0 Å². The van der Waals surface area contributed by atoms with Gasteiger partial charge in [-0.05, 0) is 37.5 Å². The van der Waals surface area contributed by atoms with Gasteiger partial charge < -0.3 is 5.73 Å². The van der Waals surface area contributed by atoms with Gasteiger partial charge in [-0.3, -0.25) is 4.90 Å². The van der Waals surface area contributed by atoms with Crippen LogP contribution in [-0.4, -0.2) is 23.5 Å². The lowest BCUT2D eigenvalue weighted by molar-refractivity contribution is 0.140. The summed E-state index contributed by atoms with van der Waals surface area (Å²) in [5.41, 5.74) is 6.70. The van der Waals surface area contributed by atoms with Crippen molar-refractivity contribution in [2.75, 3.05) is 6.54 Å². The van der Waals surface area contributed by atoms with E-state index in [1.807, 2.05) is 0 Å². The molecular weight excluding hydrogens is 222 g/mol. The summed E-state index contributed by atoms with van der Waals surface area (Å²) in [4.78, 5) is 2.26. The lowest BCUT2D eigenvalue weighted by Gasteiger charge is -2.36. The number of likely N-dealkylation sites (tertiary alicyclic amines) is 1. The maximum atomic E-state index is 13.1. The van der Waals surface area contributed by atoms with Crippen molar-refractivity contribution in [1.29, 1.82) is 0 Å². The quantitative estimate of drug-likeness (QED) is 0.859. The van der Waals surface area contributed by atoms with Crippen molar-refractivity contribution in [1.82, 2.24) is 4.90 Å². The number of rotatable bonds is 2. The van der Waals surface area contributed by atoms with E-state index in [-0.39, 0.29) is 6.04 Å². The number of benzene rings is 1. The summed E-state index contributed by atoms with van der Waals surface area (Å²) < 4.78 is 25.9. The van der Waals surface area contributed by atoms with Crippen molar-refractivity contribution in [3.63, 3.8) is 0 Å². The fraction of sp³-hybridized carbons (Fsp3) is 0.538. The Morgan fingerprint density at radius 2 is 2.12 bits per heavy atom. The van der Waals surface area contributed by atoms with Gasteiger partial charge in [0.2, 0.25) is 0 Å². The van der Waals surface area contributed by atoms with Gasteiger partial charge in [-0.25, -0.2) is 8.78 Å². The second-order valence-electron chi connectivity index (χ2n) is 4.85. The van der Waals surface area contributed by atoms with Crippen molar-refractivity contribution >= 4 is 0 Å². The Morgan fingerprint density at radius 3 is 2.76 bits per heavy atom. The van der Waals surface area contributed by atoms with Gasteiger partial charge in [0.25, 0.3) is 0 Å². The molecule has 0 amide bonds. The molecule has 0 bridgehead atoms. The Balaban J connectivity index is 2.02. The third kappa shape index (κ3) is 3.01. The third-order valence-corrected chi connectivity index (χ3v) is 3.42. The van der Waals surface area contributed by atoms with Crippen molar-refractivity contribution in [3.05, 3.63) is 35.4 Å². The molecule has 0 spiro atoms. The molecule has 1 saturated heterocycles. The Kier molecular flexibility index (Phi) is 3.74. The molecule has 2 N–H and O–H groups in total. The highest BCUT2D eigenvalue weighted by Crippen LogP contribution is 2.19. The summed E-state index contributed by atoms with van der Waals surface area (Å²) in [5.74, 6) is -1.56. The smallest absolute Gasteiger partial charge is 0.159 e. The van der Waals surface area contributed by atoms with Crippen LogP contribution in [0.5, 0.6) is 0 Å². The van der Waals surface area contributed by atoms with E-state index < -0.39 is 11.6 Å². The average Bonchev–Trinajstić information content (AvgIpc) is 2.27. The summed E-state index contributed by atoms with van der Waals surface area (Å²) >= 11 is 0. The van der Waals surface area contributed by atoms with E-state index in [9.17, 15) is 8.78 Å². The second-order valence-corrected chi connectivity index (χ2v) is 4.85. The molecular formula is C13H18F2N2. The molecule has 1 heterocycles. The number of nitrogens with zero attached hydrogens (tertiary/aromatic N) is 1. The Morgan fingerprint density at radius 1 is 1.35 bits per heavy atom. The molecule has 2 unspecified atom stereocenters. The number of piperidine rings is 1. The summed E-state index contributed by atoms with van der Waals surface area (Å²) in [5, 5.41) is 0. The number of nitrogens with two attached hydrogens (primary N) is 1. The van der Waals surface area contributed by atoms with Crippen molar-refractivity contribution in [2.45, 2.75) is 38.4 Å². The van der Waals surface area contributed by atoms with Gasteiger partial charge in [-0.1, -0.05) is 6.07 Å². The third-order valence-electron chi connectivity index (χ3n) is 3.42. The minimum absolute atomic E-state index is 0.270. The molecule has 2 atom stereocenters. The maximum absolute atomic E-state index is 13.1. The van der Waals surface area contributed by atoms with Gasteiger partial charge in [0.05, 0.1) is 0 Å². The van der Waals surface area contributed by atoms with Crippen LogP contribution < -0.4 is 5.73 Å². The van der Waals surface area contributed by atoms with Crippen molar-refractivity contribution in [3.8, 4) is 0 Å². The number of hydrogen-bond acceptors (Lipinski definition) is 2. The molecule has 0 radical (unpaired) electrons. The summed E-state index contributed by atoms with van der Waals surface area (Å²) in [6.07, 6.45) is 1.93. The van der Waals surface area contributed by atoms with Gasteiger partial charge >= 0.3 is 0 Å². The highest BCUT2D eigenvalue weighted by molar-refractivity contribution is 5.17. The normalized spacial score (nSPS) is 26.1. The standard InChI is InChI=1S/C13H18F2N2/c1-9-6-11(16)4-5-17(9)8-10-2-3-12(14)13(15)7-10/h2-3,7,9,11H,4-6,8,16H2,1H3. The monoisotopic (exact) mass is 240 g/mol. The molecule has 0 saturated carbocycles. The summed E-state index contributed by atoms with van der Waals surface area (Å²) in [7, 11) is 0. The largest absolute Gasteiger partial charge is 0.328 e. The molecule has 0 aromatic heterocycles. The Bertz CT molecular complexity index is 395. The highest BCUT2D eigenvalue weighted by Gasteiger charge is 2.23. The molecule has 94 valence electrons. The Hall–Kier alpha value is -1.00. The van der Waals surface area contributed by atoms with Crippen molar-refractivity contribution in [2.24, 2.45) is 5.73 Å².